The van der Waals surface area contributed by atoms with Crippen LogP contribution in [0.15, 0.2) is 4.60 Å². The summed E-state index contributed by atoms with van der Waals surface area (Å²) in [5.41, 5.74) is -4.47. The molecule has 1 aromatic heterocycles. The molecule has 2 nitrogen and oxygen atoms in total. The number of aryl methyl sites for hydroxylation is 1. The highest BCUT2D eigenvalue weighted by atomic mass is 79.9. The summed E-state index contributed by atoms with van der Waals surface area (Å²) in [5, 5.41) is 2.78. The first-order chi connectivity index (χ1) is 8.84. The first-order valence-corrected chi connectivity index (χ1v) is 5.91. The summed E-state index contributed by atoms with van der Waals surface area (Å²) in [7, 11) is 0. The van der Waals surface area contributed by atoms with Gasteiger partial charge in [0.15, 0.2) is 5.69 Å². The molecular weight excluding hydrogens is 368 g/mol. The van der Waals surface area contributed by atoms with Crippen LogP contribution < -0.4 is 0 Å². The average molecular weight is 375 g/mol. The number of hydrogen-bond acceptors (Lipinski definition) is 1. The number of nitrogens with zero attached hydrogens (tertiary/aromatic N) is 2. The van der Waals surface area contributed by atoms with E-state index >= 15 is 0 Å². The monoisotopic (exact) mass is 374 g/mol. The minimum atomic E-state index is -6.17. The molecule has 20 heavy (non-hydrogen) atoms. The molecule has 0 saturated carbocycles. The van der Waals surface area contributed by atoms with Crippen LogP contribution in [0.5, 0.6) is 0 Å². The lowest BCUT2D eigenvalue weighted by Gasteiger charge is -2.19. The van der Waals surface area contributed by atoms with Gasteiger partial charge in [0.2, 0.25) is 0 Å². The Labute approximate surface area is 115 Å². The van der Waals surface area contributed by atoms with Crippen molar-refractivity contribution >= 4 is 15.9 Å². The van der Waals surface area contributed by atoms with Gasteiger partial charge in [-0.05, 0) is 22.4 Å². The maximum Gasteiger partial charge on any atom is 0.459 e. The standard InChI is InChI=1S/C9H7BrF8N2/c1-2-3-20-6(10)4(8(13,14)15)5(19-20)7(11,12)9(16,17)18/h2-3H2,1H3. The van der Waals surface area contributed by atoms with Crippen LogP contribution >= 0.6 is 15.9 Å². The molecule has 0 atom stereocenters. The zero-order chi connectivity index (χ0) is 15.9. The predicted octanol–water partition coefficient (Wildman–Crippen LogP) is 4.73. The Morgan fingerprint density at radius 3 is 1.90 bits per heavy atom. The highest BCUT2D eigenvalue weighted by Crippen LogP contribution is 2.49. The van der Waals surface area contributed by atoms with Crippen molar-refractivity contribution in [1.82, 2.24) is 9.78 Å². The lowest BCUT2D eigenvalue weighted by Crippen LogP contribution is -2.36. The van der Waals surface area contributed by atoms with E-state index in [-0.39, 0.29) is 13.0 Å². The smallest absolute Gasteiger partial charge is 0.257 e. The van der Waals surface area contributed by atoms with Crippen LogP contribution in [-0.2, 0) is 18.6 Å². The molecule has 0 unspecified atom stereocenters. The Morgan fingerprint density at radius 1 is 1.05 bits per heavy atom. The van der Waals surface area contributed by atoms with Crippen molar-refractivity contribution in [3.63, 3.8) is 0 Å². The Kier molecular flexibility index (Phi) is 4.43. The Bertz CT molecular complexity index is 487. The second kappa shape index (κ2) is 5.15. The summed E-state index contributed by atoms with van der Waals surface area (Å²) in [6.45, 7) is 1.26. The second-order valence-electron chi connectivity index (χ2n) is 3.81. The average Bonchev–Trinajstić information content (AvgIpc) is 2.55. The Balaban J connectivity index is 3.58. The molecule has 0 aliphatic rings. The highest BCUT2D eigenvalue weighted by Gasteiger charge is 2.64. The largest absolute Gasteiger partial charge is 0.459 e. The van der Waals surface area contributed by atoms with Crippen molar-refractivity contribution in [2.24, 2.45) is 0 Å². The van der Waals surface area contributed by atoms with Gasteiger partial charge in [0.05, 0.1) is 0 Å². The number of aromatic nitrogens is 2. The third-order valence-electron chi connectivity index (χ3n) is 2.26. The summed E-state index contributed by atoms with van der Waals surface area (Å²) in [5.74, 6) is -5.70. The van der Waals surface area contributed by atoms with Gasteiger partial charge in [-0.25, -0.2) is 0 Å². The molecule has 11 heteroatoms. The summed E-state index contributed by atoms with van der Waals surface area (Å²) in [6, 6.07) is 0. The predicted molar refractivity (Wildman–Crippen MR) is 55.2 cm³/mol. The number of alkyl halides is 8. The summed E-state index contributed by atoms with van der Waals surface area (Å²) in [6.07, 6.45) is -11.4. The van der Waals surface area contributed by atoms with E-state index in [9.17, 15) is 35.1 Å². The van der Waals surface area contributed by atoms with Crippen LogP contribution in [-0.4, -0.2) is 16.0 Å². The molecule has 0 aromatic carbocycles. The van der Waals surface area contributed by atoms with Crippen LogP contribution in [0.25, 0.3) is 0 Å². The number of rotatable bonds is 3. The second-order valence-corrected chi connectivity index (χ2v) is 4.56. The molecule has 0 saturated heterocycles. The van der Waals surface area contributed by atoms with Crippen LogP contribution in [0.4, 0.5) is 35.1 Å². The molecular formula is C9H7BrF8N2. The number of hydrogen-bond donors (Lipinski definition) is 0. The van der Waals surface area contributed by atoms with Crippen molar-refractivity contribution in [3.05, 3.63) is 15.9 Å². The van der Waals surface area contributed by atoms with E-state index in [4.69, 9.17) is 0 Å². The third-order valence-corrected chi connectivity index (χ3v) is 3.07. The van der Waals surface area contributed by atoms with Crippen molar-refractivity contribution < 1.29 is 35.1 Å². The van der Waals surface area contributed by atoms with Crippen molar-refractivity contribution in [2.75, 3.05) is 0 Å². The van der Waals surface area contributed by atoms with Crippen LogP contribution in [0.3, 0.4) is 0 Å². The van der Waals surface area contributed by atoms with Gasteiger partial charge in [0, 0.05) is 6.54 Å². The minimum absolute atomic E-state index is 0.203. The molecule has 1 aromatic rings. The lowest BCUT2D eigenvalue weighted by molar-refractivity contribution is -0.292. The van der Waals surface area contributed by atoms with Gasteiger partial charge in [-0.15, -0.1) is 0 Å². The van der Waals surface area contributed by atoms with Gasteiger partial charge in [-0.2, -0.15) is 40.2 Å². The quantitative estimate of drug-likeness (QED) is 0.699. The van der Waals surface area contributed by atoms with E-state index < -0.39 is 34.1 Å². The topological polar surface area (TPSA) is 17.8 Å². The van der Waals surface area contributed by atoms with E-state index in [2.05, 4.69) is 21.0 Å². The van der Waals surface area contributed by atoms with Gasteiger partial charge in [-0.3, -0.25) is 4.68 Å². The molecule has 0 bridgehead atoms. The van der Waals surface area contributed by atoms with Crippen LogP contribution in [0, 0.1) is 0 Å². The van der Waals surface area contributed by atoms with Crippen LogP contribution in [0.1, 0.15) is 24.6 Å². The fraction of sp³-hybridized carbons (Fsp3) is 0.667. The fourth-order valence-corrected chi connectivity index (χ4v) is 2.08. The van der Waals surface area contributed by atoms with Crippen molar-refractivity contribution in [3.8, 4) is 0 Å². The fourth-order valence-electron chi connectivity index (χ4n) is 1.41. The zero-order valence-electron chi connectivity index (χ0n) is 9.71. The Hall–Kier alpha value is -0.870. The van der Waals surface area contributed by atoms with E-state index in [1.807, 2.05) is 0 Å². The van der Waals surface area contributed by atoms with Crippen molar-refractivity contribution in [1.29, 1.82) is 0 Å². The first kappa shape index (κ1) is 17.2. The molecule has 0 aliphatic heterocycles. The summed E-state index contributed by atoms with van der Waals surface area (Å²) < 4.78 is 101. The zero-order valence-corrected chi connectivity index (χ0v) is 11.3. The van der Waals surface area contributed by atoms with E-state index in [0.717, 1.165) is 0 Å². The molecule has 0 amide bonds. The van der Waals surface area contributed by atoms with Gasteiger partial charge in [0.25, 0.3) is 0 Å². The Morgan fingerprint density at radius 2 is 1.55 bits per heavy atom. The van der Waals surface area contributed by atoms with Crippen molar-refractivity contribution in [2.45, 2.75) is 38.2 Å². The van der Waals surface area contributed by atoms with Gasteiger partial charge >= 0.3 is 18.3 Å². The SMILES string of the molecule is CCCn1nc(C(F)(F)C(F)(F)F)c(C(F)(F)F)c1Br. The molecule has 0 fully saturated rings. The molecule has 0 radical (unpaired) electrons. The van der Waals surface area contributed by atoms with Gasteiger partial charge < -0.3 is 0 Å². The molecule has 0 N–H and O–H groups in total. The highest BCUT2D eigenvalue weighted by molar-refractivity contribution is 9.10. The van der Waals surface area contributed by atoms with Gasteiger partial charge in [-0.1, -0.05) is 6.92 Å². The molecule has 0 spiro atoms. The molecule has 1 rings (SSSR count). The van der Waals surface area contributed by atoms with E-state index in [1.54, 1.807) is 0 Å². The van der Waals surface area contributed by atoms with Gasteiger partial charge in [0.1, 0.15) is 10.2 Å². The summed E-state index contributed by atoms with van der Waals surface area (Å²) >= 11 is 2.38. The number of halogens is 9. The maximum atomic E-state index is 13.2. The molecule has 116 valence electrons. The maximum absolute atomic E-state index is 13.2. The molecule has 1 heterocycles. The van der Waals surface area contributed by atoms with E-state index in [0.29, 0.717) is 4.68 Å². The third kappa shape index (κ3) is 2.91. The first-order valence-electron chi connectivity index (χ1n) is 5.12. The molecule has 0 aliphatic carbocycles. The normalized spacial score (nSPS) is 13.9. The van der Waals surface area contributed by atoms with Crippen LogP contribution in [0.2, 0.25) is 0 Å². The minimum Gasteiger partial charge on any atom is -0.257 e. The lowest BCUT2D eigenvalue weighted by atomic mass is 10.1. The van der Waals surface area contributed by atoms with E-state index in [1.165, 1.54) is 6.92 Å². The summed E-state index contributed by atoms with van der Waals surface area (Å²) in [4.78, 5) is 0.